The zero-order valence-electron chi connectivity index (χ0n) is 7.64. The highest BCUT2D eigenvalue weighted by molar-refractivity contribution is 7.51. The summed E-state index contributed by atoms with van der Waals surface area (Å²) in [6.07, 6.45) is -1.39. The lowest BCUT2D eigenvalue weighted by atomic mass is 10.3. The van der Waals surface area contributed by atoms with E-state index in [1.807, 2.05) is 21.1 Å². The molecule has 0 radical (unpaired) electrons. The van der Waals surface area contributed by atoms with Gasteiger partial charge in [-0.15, -0.1) is 0 Å². The van der Waals surface area contributed by atoms with Gasteiger partial charge >= 0.3 is 7.60 Å². The van der Waals surface area contributed by atoms with Crippen molar-refractivity contribution in [3.63, 3.8) is 0 Å². The summed E-state index contributed by atoms with van der Waals surface area (Å²) in [6.45, 7) is 0.338. The van der Waals surface area contributed by atoms with E-state index in [0.717, 1.165) is 0 Å². The number of nitrogens with zero attached hydrogens (tertiary/aromatic N) is 1. The average Bonchev–Trinajstić information content (AvgIpc) is 1.49. The van der Waals surface area contributed by atoms with Crippen molar-refractivity contribution in [2.24, 2.45) is 0 Å². The van der Waals surface area contributed by atoms with E-state index in [1.54, 1.807) is 0 Å². The van der Waals surface area contributed by atoms with Crippen LogP contribution in [-0.2, 0) is 4.57 Å². The first kappa shape index (κ1) is 12.1. The smallest absolute Gasteiger partial charge is 0.328 e. The number of aliphatic hydroxyl groups is 1. The van der Waals surface area contributed by atoms with E-state index in [0.29, 0.717) is 11.0 Å². The molecule has 0 aromatic heterocycles. The van der Waals surface area contributed by atoms with Crippen molar-refractivity contribution >= 4 is 7.60 Å². The van der Waals surface area contributed by atoms with Crippen LogP contribution in [0.15, 0.2) is 0 Å². The summed E-state index contributed by atoms with van der Waals surface area (Å²) < 4.78 is 10.9. The first-order valence-electron chi connectivity index (χ1n) is 3.63. The number of hydrogen-bond donors (Lipinski definition) is 3. The molecule has 1 unspecified atom stereocenters. The molecule has 0 rings (SSSR count). The molecule has 0 saturated carbocycles. The topological polar surface area (TPSA) is 77.8 Å². The molecule has 0 amide bonds. The van der Waals surface area contributed by atoms with Gasteiger partial charge < -0.3 is 19.4 Å². The van der Waals surface area contributed by atoms with Crippen LogP contribution in [-0.4, -0.2) is 59.3 Å². The van der Waals surface area contributed by atoms with E-state index in [4.69, 9.17) is 9.79 Å². The second-order valence-electron chi connectivity index (χ2n) is 3.97. The molecular weight excluding hydrogens is 181 g/mol. The van der Waals surface area contributed by atoms with E-state index < -0.39 is 19.9 Å². The van der Waals surface area contributed by atoms with E-state index >= 15 is 0 Å². The minimum Gasteiger partial charge on any atom is -0.387 e. The van der Waals surface area contributed by atoms with E-state index in [9.17, 15) is 9.67 Å². The Kier molecular flexibility index (Phi) is 3.87. The first-order valence-corrected chi connectivity index (χ1v) is 5.43. The molecule has 0 heterocycles. The van der Waals surface area contributed by atoms with E-state index in [2.05, 4.69) is 0 Å². The van der Waals surface area contributed by atoms with Crippen molar-refractivity contribution in [3.8, 4) is 0 Å². The van der Waals surface area contributed by atoms with Crippen LogP contribution in [0, 0.1) is 0 Å². The molecule has 0 spiro atoms. The van der Waals surface area contributed by atoms with Crippen molar-refractivity contribution in [3.05, 3.63) is 0 Å². The summed E-state index contributed by atoms with van der Waals surface area (Å²) in [5, 5.41) is 9.21. The van der Waals surface area contributed by atoms with Crippen molar-refractivity contribution < 1.29 is 23.9 Å². The van der Waals surface area contributed by atoms with Crippen molar-refractivity contribution in [1.29, 1.82) is 0 Å². The monoisotopic (exact) mass is 198 g/mol. The number of hydrogen-bond acceptors (Lipinski definition) is 2. The molecule has 0 saturated heterocycles. The van der Waals surface area contributed by atoms with Gasteiger partial charge in [0.25, 0.3) is 0 Å². The Morgan fingerprint density at radius 3 is 2.00 bits per heavy atom. The molecule has 74 valence electrons. The molecule has 0 aliphatic heterocycles. The second kappa shape index (κ2) is 3.85. The maximum Gasteiger partial charge on any atom is 0.328 e. The number of rotatable bonds is 4. The number of aliphatic hydroxyl groups excluding tert-OH is 1. The fourth-order valence-electron chi connectivity index (χ4n) is 0.965. The van der Waals surface area contributed by atoms with Crippen LogP contribution < -0.4 is 0 Å². The summed E-state index contributed by atoms with van der Waals surface area (Å²) in [6, 6.07) is 0. The molecule has 0 bridgehead atoms. The molecular formula is C6H17NO4P+. The predicted octanol–water partition coefficient (Wildman–Crippen LogP) is -0.769. The Hall–Kier alpha value is 0.0700. The van der Waals surface area contributed by atoms with Crippen LogP contribution in [0.1, 0.15) is 0 Å². The standard InChI is InChI=1S/C6H16NO4P/c1-7(2,3)4-6(8)5-12(9,10)11/h6,8H,4-5H2,1-3H3,(H-,9,10,11)/p+1. The normalized spacial score (nSPS) is 16.2. The van der Waals surface area contributed by atoms with Crippen LogP contribution in [0.4, 0.5) is 0 Å². The average molecular weight is 198 g/mol. The van der Waals surface area contributed by atoms with Crippen LogP contribution in [0.25, 0.3) is 0 Å². The molecule has 0 aromatic rings. The lowest BCUT2D eigenvalue weighted by Gasteiger charge is -2.26. The lowest BCUT2D eigenvalue weighted by molar-refractivity contribution is -0.873. The SMILES string of the molecule is C[N+](C)(C)CC(O)CP(=O)(O)O. The zero-order valence-corrected chi connectivity index (χ0v) is 8.53. The minimum absolute atomic E-state index is 0.338. The Balaban J connectivity index is 3.91. The van der Waals surface area contributed by atoms with Gasteiger partial charge in [0.1, 0.15) is 12.6 Å². The Morgan fingerprint density at radius 2 is 1.75 bits per heavy atom. The fourth-order valence-corrected chi connectivity index (χ4v) is 1.63. The van der Waals surface area contributed by atoms with Gasteiger partial charge in [-0.25, -0.2) is 0 Å². The lowest BCUT2D eigenvalue weighted by Crippen LogP contribution is -2.42. The van der Waals surface area contributed by atoms with E-state index in [-0.39, 0.29) is 0 Å². The third-order valence-corrected chi connectivity index (χ3v) is 2.10. The third kappa shape index (κ3) is 8.17. The second-order valence-corrected chi connectivity index (χ2v) is 5.67. The molecule has 12 heavy (non-hydrogen) atoms. The molecule has 3 N–H and O–H groups in total. The van der Waals surface area contributed by atoms with Crippen molar-refractivity contribution in [2.45, 2.75) is 6.10 Å². The summed E-state index contributed by atoms with van der Waals surface area (Å²) >= 11 is 0. The van der Waals surface area contributed by atoms with Gasteiger partial charge in [0.05, 0.1) is 27.3 Å². The highest BCUT2D eigenvalue weighted by Gasteiger charge is 2.24. The molecule has 0 aliphatic rings. The molecule has 6 heteroatoms. The van der Waals surface area contributed by atoms with Gasteiger partial charge in [-0.1, -0.05) is 0 Å². The summed E-state index contributed by atoms with van der Waals surface area (Å²) in [7, 11) is 1.48. The minimum atomic E-state index is -4.07. The van der Waals surface area contributed by atoms with Gasteiger partial charge in [-0.05, 0) is 0 Å². The van der Waals surface area contributed by atoms with Crippen LogP contribution >= 0.6 is 7.60 Å². The Morgan fingerprint density at radius 1 is 1.33 bits per heavy atom. The van der Waals surface area contributed by atoms with Crippen molar-refractivity contribution in [1.82, 2.24) is 0 Å². The third-order valence-electron chi connectivity index (χ3n) is 1.21. The van der Waals surface area contributed by atoms with Crippen LogP contribution in [0.2, 0.25) is 0 Å². The largest absolute Gasteiger partial charge is 0.387 e. The predicted molar refractivity (Wildman–Crippen MR) is 45.8 cm³/mol. The first-order chi connectivity index (χ1) is 5.10. The van der Waals surface area contributed by atoms with Crippen molar-refractivity contribution in [2.75, 3.05) is 33.8 Å². The molecule has 0 aromatic carbocycles. The maximum atomic E-state index is 10.5. The van der Waals surface area contributed by atoms with Gasteiger partial charge in [0.2, 0.25) is 0 Å². The van der Waals surface area contributed by atoms with Gasteiger partial charge in [-0.2, -0.15) is 0 Å². The molecule has 0 aliphatic carbocycles. The molecule has 0 fully saturated rings. The maximum absolute atomic E-state index is 10.5. The fraction of sp³-hybridized carbons (Fsp3) is 1.00. The Labute approximate surface area is 72.4 Å². The number of likely N-dealkylation sites (N-methyl/N-ethyl adjacent to an activating group) is 1. The highest BCUT2D eigenvalue weighted by Crippen LogP contribution is 2.35. The summed E-state index contributed by atoms with van der Waals surface area (Å²) in [5.74, 6) is 0. The summed E-state index contributed by atoms with van der Waals surface area (Å²) in [4.78, 5) is 17.1. The highest BCUT2D eigenvalue weighted by atomic mass is 31.2. The quantitative estimate of drug-likeness (QED) is 0.409. The van der Waals surface area contributed by atoms with Gasteiger partial charge in [0.15, 0.2) is 0 Å². The molecule has 5 nitrogen and oxygen atoms in total. The molecule has 1 atom stereocenters. The van der Waals surface area contributed by atoms with Gasteiger partial charge in [-0.3, -0.25) is 4.57 Å². The number of quaternary nitrogens is 1. The zero-order chi connectivity index (χ0) is 9.99. The van der Waals surface area contributed by atoms with Crippen LogP contribution in [0.5, 0.6) is 0 Å². The van der Waals surface area contributed by atoms with Gasteiger partial charge in [0, 0.05) is 0 Å². The Bertz CT molecular complexity index is 182. The van der Waals surface area contributed by atoms with Crippen LogP contribution in [0.3, 0.4) is 0 Å². The van der Waals surface area contributed by atoms with E-state index in [1.165, 1.54) is 0 Å². The summed E-state index contributed by atoms with van der Waals surface area (Å²) in [5.41, 5.74) is 0.